The normalized spacial score (nSPS) is 12.7. The van der Waals surface area contributed by atoms with Crippen molar-refractivity contribution in [1.29, 1.82) is 0 Å². The standard InChI is InChI=1S/C20H22N4O3/c1-12(2)10-17(20-24-23-13(3)27-20)21-18(25)9-8-15-11-14-6-4-5-7-16(14)22-19(15)26/h4-9,11-12,17H,10H2,1-3H3,(H,21,25)(H,22,26)/b9-8+. The number of nitrogens with zero attached hydrogens (tertiary/aromatic N) is 2. The lowest BCUT2D eigenvalue weighted by molar-refractivity contribution is -0.117. The van der Waals surface area contributed by atoms with E-state index in [1.54, 1.807) is 13.0 Å². The average Bonchev–Trinajstić information content (AvgIpc) is 3.05. The number of aromatic nitrogens is 3. The molecular weight excluding hydrogens is 344 g/mol. The summed E-state index contributed by atoms with van der Waals surface area (Å²) >= 11 is 0. The first-order chi connectivity index (χ1) is 12.9. The summed E-state index contributed by atoms with van der Waals surface area (Å²) in [7, 11) is 0. The number of benzene rings is 1. The van der Waals surface area contributed by atoms with Gasteiger partial charge in [-0.15, -0.1) is 10.2 Å². The minimum absolute atomic E-state index is 0.246. The summed E-state index contributed by atoms with van der Waals surface area (Å²) < 4.78 is 5.46. The van der Waals surface area contributed by atoms with Gasteiger partial charge in [-0.2, -0.15) is 0 Å². The van der Waals surface area contributed by atoms with E-state index in [-0.39, 0.29) is 17.5 Å². The monoisotopic (exact) mass is 366 g/mol. The molecule has 3 rings (SSSR count). The zero-order chi connectivity index (χ0) is 19.4. The van der Waals surface area contributed by atoms with Crippen molar-refractivity contribution >= 4 is 22.9 Å². The van der Waals surface area contributed by atoms with Crippen LogP contribution >= 0.6 is 0 Å². The molecule has 7 nitrogen and oxygen atoms in total. The van der Waals surface area contributed by atoms with Crippen LogP contribution < -0.4 is 10.9 Å². The van der Waals surface area contributed by atoms with Gasteiger partial charge in [0.1, 0.15) is 6.04 Å². The maximum atomic E-state index is 12.4. The van der Waals surface area contributed by atoms with E-state index in [1.165, 1.54) is 12.2 Å². The number of hydrogen-bond donors (Lipinski definition) is 2. The van der Waals surface area contributed by atoms with Crippen molar-refractivity contribution in [2.45, 2.75) is 33.2 Å². The smallest absolute Gasteiger partial charge is 0.255 e. The van der Waals surface area contributed by atoms with E-state index in [0.717, 1.165) is 10.9 Å². The van der Waals surface area contributed by atoms with E-state index >= 15 is 0 Å². The van der Waals surface area contributed by atoms with Crippen LogP contribution in [0.1, 0.15) is 43.7 Å². The number of para-hydroxylation sites is 1. The van der Waals surface area contributed by atoms with Gasteiger partial charge >= 0.3 is 0 Å². The van der Waals surface area contributed by atoms with E-state index in [2.05, 4.69) is 20.5 Å². The lowest BCUT2D eigenvalue weighted by atomic mass is 10.0. The van der Waals surface area contributed by atoms with Crippen LogP contribution in [0.15, 0.2) is 45.6 Å². The average molecular weight is 366 g/mol. The first kappa shape index (κ1) is 18.6. The minimum Gasteiger partial charge on any atom is -0.423 e. The molecule has 3 aromatic rings. The van der Waals surface area contributed by atoms with Gasteiger partial charge in [-0.1, -0.05) is 32.0 Å². The number of aromatic amines is 1. The van der Waals surface area contributed by atoms with Crippen LogP contribution in [-0.4, -0.2) is 21.1 Å². The van der Waals surface area contributed by atoms with Gasteiger partial charge in [0.2, 0.25) is 17.7 Å². The molecule has 27 heavy (non-hydrogen) atoms. The molecule has 2 aromatic heterocycles. The Kier molecular flexibility index (Phi) is 5.49. The molecular formula is C20H22N4O3. The number of hydrogen-bond acceptors (Lipinski definition) is 5. The molecule has 0 aliphatic rings. The summed E-state index contributed by atoms with van der Waals surface area (Å²) in [6, 6.07) is 8.86. The van der Waals surface area contributed by atoms with E-state index in [9.17, 15) is 9.59 Å². The van der Waals surface area contributed by atoms with E-state index < -0.39 is 0 Å². The lowest BCUT2D eigenvalue weighted by Crippen LogP contribution is -2.28. The third kappa shape index (κ3) is 4.69. The fourth-order valence-corrected chi connectivity index (χ4v) is 2.82. The molecule has 1 aromatic carbocycles. The van der Waals surface area contributed by atoms with Gasteiger partial charge in [0, 0.05) is 24.1 Å². The molecule has 0 saturated carbocycles. The number of H-pyrrole nitrogens is 1. The van der Waals surface area contributed by atoms with E-state index in [4.69, 9.17) is 4.42 Å². The summed E-state index contributed by atoms with van der Waals surface area (Å²) in [6.45, 7) is 5.80. The van der Waals surface area contributed by atoms with Gasteiger partial charge in [-0.3, -0.25) is 9.59 Å². The second kappa shape index (κ2) is 7.99. The van der Waals surface area contributed by atoms with Crippen molar-refractivity contribution in [2.75, 3.05) is 0 Å². The first-order valence-corrected chi connectivity index (χ1v) is 8.83. The SMILES string of the molecule is Cc1nnc(C(CC(C)C)NC(=O)/C=C/c2cc3ccccc3[nH]c2=O)o1. The molecule has 140 valence electrons. The number of nitrogens with one attached hydrogen (secondary N) is 2. The largest absolute Gasteiger partial charge is 0.423 e. The van der Waals surface area contributed by atoms with Crippen LogP contribution in [0.25, 0.3) is 17.0 Å². The molecule has 7 heteroatoms. The molecule has 0 aliphatic carbocycles. The molecule has 0 bridgehead atoms. The van der Waals surface area contributed by atoms with Gasteiger partial charge in [0.25, 0.3) is 5.56 Å². The van der Waals surface area contributed by atoms with Gasteiger partial charge in [0.15, 0.2) is 0 Å². The Morgan fingerprint density at radius 2 is 2.07 bits per heavy atom. The Balaban J connectivity index is 1.77. The van der Waals surface area contributed by atoms with Gasteiger partial charge in [-0.25, -0.2) is 0 Å². The van der Waals surface area contributed by atoms with Crippen LogP contribution in [0, 0.1) is 12.8 Å². The van der Waals surface area contributed by atoms with Crippen LogP contribution in [-0.2, 0) is 4.79 Å². The molecule has 0 spiro atoms. The van der Waals surface area contributed by atoms with Crippen molar-refractivity contribution in [3.05, 3.63) is 64.1 Å². The third-order valence-corrected chi connectivity index (χ3v) is 4.06. The van der Waals surface area contributed by atoms with Gasteiger partial charge < -0.3 is 14.7 Å². The number of fused-ring (bicyclic) bond motifs is 1. The molecule has 0 aliphatic heterocycles. The summed E-state index contributed by atoms with van der Waals surface area (Å²) in [6.07, 6.45) is 3.51. The Morgan fingerprint density at radius 3 is 2.78 bits per heavy atom. The number of aryl methyl sites for hydroxylation is 1. The highest BCUT2D eigenvalue weighted by molar-refractivity contribution is 5.92. The third-order valence-electron chi connectivity index (χ3n) is 4.06. The number of rotatable bonds is 6. The number of carbonyl (C=O) groups is 1. The van der Waals surface area contributed by atoms with E-state index in [1.807, 2.05) is 38.1 Å². The summed E-state index contributed by atoms with van der Waals surface area (Å²) in [5, 5.41) is 11.6. The van der Waals surface area contributed by atoms with Crippen LogP contribution in [0.5, 0.6) is 0 Å². The van der Waals surface area contributed by atoms with Crippen molar-refractivity contribution in [3.63, 3.8) is 0 Å². The van der Waals surface area contributed by atoms with Crippen molar-refractivity contribution in [3.8, 4) is 0 Å². The summed E-state index contributed by atoms with van der Waals surface area (Å²) in [4.78, 5) is 27.3. The summed E-state index contributed by atoms with van der Waals surface area (Å²) in [5.74, 6) is 0.830. The van der Waals surface area contributed by atoms with Crippen LogP contribution in [0.3, 0.4) is 0 Å². The Labute approximate surface area is 156 Å². The quantitative estimate of drug-likeness (QED) is 0.653. The second-order valence-electron chi connectivity index (χ2n) is 6.82. The zero-order valence-corrected chi connectivity index (χ0v) is 15.5. The van der Waals surface area contributed by atoms with Crippen molar-refractivity contribution < 1.29 is 9.21 Å². The maximum Gasteiger partial charge on any atom is 0.255 e. The fourth-order valence-electron chi connectivity index (χ4n) is 2.82. The first-order valence-electron chi connectivity index (χ1n) is 8.83. The van der Waals surface area contributed by atoms with Crippen LogP contribution in [0.4, 0.5) is 0 Å². The Morgan fingerprint density at radius 1 is 1.30 bits per heavy atom. The van der Waals surface area contributed by atoms with Crippen LogP contribution in [0.2, 0.25) is 0 Å². The molecule has 1 atom stereocenters. The predicted octanol–water partition coefficient (Wildman–Crippen LogP) is 3.14. The highest BCUT2D eigenvalue weighted by atomic mass is 16.4. The molecule has 1 amide bonds. The molecule has 1 unspecified atom stereocenters. The highest BCUT2D eigenvalue weighted by Gasteiger charge is 2.20. The second-order valence-corrected chi connectivity index (χ2v) is 6.82. The number of carbonyl (C=O) groups excluding carboxylic acids is 1. The van der Waals surface area contributed by atoms with Crippen molar-refractivity contribution in [2.24, 2.45) is 5.92 Å². The minimum atomic E-state index is -0.377. The Bertz CT molecular complexity index is 1030. The van der Waals surface area contributed by atoms with Gasteiger partial charge in [-0.05, 0) is 35.9 Å². The van der Waals surface area contributed by atoms with Gasteiger partial charge in [0.05, 0.1) is 0 Å². The Hall–Kier alpha value is -3.22. The topological polar surface area (TPSA) is 101 Å². The zero-order valence-electron chi connectivity index (χ0n) is 15.5. The lowest BCUT2D eigenvalue weighted by Gasteiger charge is -2.16. The number of amides is 1. The number of pyridine rings is 1. The molecule has 0 radical (unpaired) electrons. The summed E-state index contributed by atoms with van der Waals surface area (Å²) in [5.41, 5.74) is 0.926. The predicted molar refractivity (Wildman–Crippen MR) is 103 cm³/mol. The molecule has 2 heterocycles. The molecule has 0 fully saturated rings. The van der Waals surface area contributed by atoms with Crippen molar-refractivity contribution in [1.82, 2.24) is 20.5 Å². The highest BCUT2D eigenvalue weighted by Crippen LogP contribution is 2.20. The molecule has 2 N–H and O–H groups in total. The van der Waals surface area contributed by atoms with E-state index in [0.29, 0.717) is 29.7 Å². The molecule has 0 saturated heterocycles. The fraction of sp³-hybridized carbons (Fsp3) is 0.300. The maximum absolute atomic E-state index is 12.4.